The Hall–Kier alpha value is -2.69. The van der Waals surface area contributed by atoms with E-state index in [1.807, 2.05) is 0 Å². The van der Waals surface area contributed by atoms with E-state index in [0.29, 0.717) is 29.2 Å². The highest BCUT2D eigenvalue weighted by atomic mass is 35.5. The summed E-state index contributed by atoms with van der Waals surface area (Å²) in [7, 11) is -2.21. The maximum Gasteiger partial charge on any atom is 0.419 e. The standard InChI is InChI=1S/C19H19ClN4O5S/c1-23-15-4-3-14(10-16(15)29-19(23)26)30(27,28)24-8-6-12(7-9-24)18(25)22-17-5-2-13(20)11-21-17/h2-5,10-12H,6-9H2,1H3,(H,21,22,25). The summed E-state index contributed by atoms with van der Waals surface area (Å²) in [6, 6.07) is 7.60. The van der Waals surface area contributed by atoms with Crippen molar-refractivity contribution in [2.45, 2.75) is 17.7 Å². The highest BCUT2D eigenvalue weighted by Crippen LogP contribution is 2.26. The highest BCUT2D eigenvalue weighted by molar-refractivity contribution is 7.89. The molecule has 1 aromatic carbocycles. The summed E-state index contributed by atoms with van der Waals surface area (Å²) in [5.74, 6) is -0.670. The zero-order valence-corrected chi connectivity index (χ0v) is 17.6. The molecule has 0 aliphatic carbocycles. The molecule has 9 nitrogen and oxygen atoms in total. The number of fused-ring (bicyclic) bond motifs is 1. The van der Waals surface area contributed by atoms with Crippen molar-refractivity contribution in [2.24, 2.45) is 13.0 Å². The third-order valence-electron chi connectivity index (χ3n) is 5.20. The number of carbonyl (C=O) groups excluding carboxylic acids is 1. The molecule has 158 valence electrons. The third-order valence-corrected chi connectivity index (χ3v) is 7.32. The Morgan fingerprint density at radius 1 is 1.23 bits per heavy atom. The van der Waals surface area contributed by atoms with Gasteiger partial charge in [-0.05, 0) is 37.1 Å². The number of rotatable bonds is 4. The van der Waals surface area contributed by atoms with Crippen molar-refractivity contribution in [2.75, 3.05) is 18.4 Å². The maximum absolute atomic E-state index is 13.0. The molecule has 1 fully saturated rings. The maximum atomic E-state index is 13.0. The van der Waals surface area contributed by atoms with Crippen molar-refractivity contribution in [3.8, 4) is 0 Å². The fraction of sp³-hybridized carbons (Fsp3) is 0.316. The lowest BCUT2D eigenvalue weighted by Crippen LogP contribution is -2.41. The fourth-order valence-electron chi connectivity index (χ4n) is 3.46. The van der Waals surface area contributed by atoms with Crippen molar-refractivity contribution in [3.05, 3.63) is 52.1 Å². The molecular weight excluding hydrogens is 432 g/mol. The topological polar surface area (TPSA) is 115 Å². The Morgan fingerprint density at radius 2 is 1.97 bits per heavy atom. The number of carbonyl (C=O) groups is 1. The largest absolute Gasteiger partial charge is 0.419 e. The van der Waals surface area contributed by atoms with Crippen LogP contribution in [-0.2, 0) is 21.9 Å². The molecule has 0 radical (unpaired) electrons. The van der Waals surface area contributed by atoms with Gasteiger partial charge < -0.3 is 9.73 Å². The van der Waals surface area contributed by atoms with Crippen LogP contribution in [0.3, 0.4) is 0 Å². The number of piperidine rings is 1. The van der Waals surface area contributed by atoms with Crippen LogP contribution in [0.2, 0.25) is 5.02 Å². The van der Waals surface area contributed by atoms with Crippen LogP contribution < -0.4 is 11.1 Å². The summed E-state index contributed by atoms with van der Waals surface area (Å²) in [4.78, 5) is 28.2. The molecule has 1 saturated heterocycles. The number of nitrogens with one attached hydrogen (secondary N) is 1. The number of hydrogen-bond acceptors (Lipinski definition) is 6. The van der Waals surface area contributed by atoms with Gasteiger partial charge in [-0.2, -0.15) is 4.31 Å². The second kappa shape index (κ2) is 7.86. The van der Waals surface area contributed by atoms with E-state index in [1.165, 1.54) is 27.2 Å². The normalized spacial score (nSPS) is 16.1. The first-order valence-electron chi connectivity index (χ1n) is 9.28. The number of benzene rings is 1. The van der Waals surface area contributed by atoms with Crippen LogP contribution in [-0.4, -0.2) is 41.3 Å². The van der Waals surface area contributed by atoms with Crippen LogP contribution in [0.25, 0.3) is 11.1 Å². The van der Waals surface area contributed by atoms with Crippen molar-refractivity contribution >= 4 is 44.4 Å². The number of oxazole rings is 1. The first-order chi connectivity index (χ1) is 14.3. The van der Waals surface area contributed by atoms with Crippen molar-refractivity contribution in [1.29, 1.82) is 0 Å². The second-order valence-electron chi connectivity index (χ2n) is 7.09. The van der Waals surface area contributed by atoms with Crippen molar-refractivity contribution < 1.29 is 17.6 Å². The number of amides is 1. The molecule has 2 aromatic heterocycles. The summed E-state index contributed by atoms with van der Waals surface area (Å²) >= 11 is 5.79. The van der Waals surface area contributed by atoms with Gasteiger partial charge in [0.1, 0.15) is 5.82 Å². The van der Waals surface area contributed by atoms with Gasteiger partial charge in [0.15, 0.2) is 5.58 Å². The molecule has 30 heavy (non-hydrogen) atoms. The Labute approximate surface area is 177 Å². The molecule has 1 N–H and O–H groups in total. The minimum absolute atomic E-state index is 0.0533. The van der Waals surface area contributed by atoms with Crippen LogP contribution in [0, 0.1) is 5.92 Å². The molecule has 0 spiro atoms. The van der Waals surface area contributed by atoms with E-state index in [2.05, 4.69) is 10.3 Å². The van der Waals surface area contributed by atoms with Crippen molar-refractivity contribution in [1.82, 2.24) is 13.9 Å². The second-order valence-corrected chi connectivity index (χ2v) is 9.46. The molecule has 0 unspecified atom stereocenters. The molecule has 3 aromatic rings. The smallest absolute Gasteiger partial charge is 0.408 e. The van der Waals surface area contributed by atoms with E-state index in [9.17, 15) is 18.0 Å². The van der Waals surface area contributed by atoms with Gasteiger partial charge in [0.2, 0.25) is 15.9 Å². The number of halogens is 1. The molecule has 0 saturated carbocycles. The molecule has 1 aliphatic rings. The number of anilines is 1. The number of hydrogen-bond donors (Lipinski definition) is 1. The predicted octanol–water partition coefficient (Wildman–Crippen LogP) is 2.22. The Morgan fingerprint density at radius 3 is 2.63 bits per heavy atom. The van der Waals surface area contributed by atoms with Gasteiger partial charge >= 0.3 is 5.76 Å². The van der Waals surface area contributed by atoms with Gasteiger partial charge in [-0.3, -0.25) is 9.36 Å². The average Bonchev–Trinajstić information content (AvgIpc) is 3.03. The molecule has 1 amide bonds. The quantitative estimate of drug-likeness (QED) is 0.651. The number of aryl methyl sites for hydroxylation is 1. The summed E-state index contributed by atoms with van der Waals surface area (Å²) < 4.78 is 33.7. The van der Waals surface area contributed by atoms with E-state index < -0.39 is 15.8 Å². The molecule has 1 aliphatic heterocycles. The van der Waals surface area contributed by atoms with Gasteiger partial charge in [-0.15, -0.1) is 0 Å². The van der Waals surface area contributed by atoms with E-state index >= 15 is 0 Å². The van der Waals surface area contributed by atoms with Gasteiger partial charge in [0.05, 0.1) is 15.4 Å². The molecule has 0 bridgehead atoms. The number of nitrogens with zero attached hydrogens (tertiary/aromatic N) is 3. The van der Waals surface area contributed by atoms with Gasteiger partial charge in [0, 0.05) is 38.3 Å². The van der Waals surface area contributed by atoms with Gasteiger partial charge in [0.25, 0.3) is 0 Å². The van der Waals surface area contributed by atoms with Crippen LogP contribution in [0.1, 0.15) is 12.8 Å². The van der Waals surface area contributed by atoms with Crippen LogP contribution >= 0.6 is 11.6 Å². The van der Waals surface area contributed by atoms with E-state index in [0.717, 1.165) is 0 Å². The summed E-state index contributed by atoms with van der Waals surface area (Å²) in [6.07, 6.45) is 2.22. The van der Waals surface area contributed by atoms with Gasteiger partial charge in [-0.25, -0.2) is 18.2 Å². The number of aromatic nitrogens is 2. The Balaban J connectivity index is 1.44. The zero-order valence-electron chi connectivity index (χ0n) is 16.0. The Kier molecular flexibility index (Phi) is 5.39. The van der Waals surface area contributed by atoms with E-state index in [-0.39, 0.29) is 35.4 Å². The number of sulfonamides is 1. The van der Waals surface area contributed by atoms with Crippen molar-refractivity contribution in [3.63, 3.8) is 0 Å². The predicted molar refractivity (Wildman–Crippen MR) is 111 cm³/mol. The molecule has 0 atom stereocenters. The fourth-order valence-corrected chi connectivity index (χ4v) is 5.06. The van der Waals surface area contributed by atoms with Gasteiger partial charge in [-0.1, -0.05) is 11.6 Å². The van der Waals surface area contributed by atoms with Crippen LogP contribution in [0.4, 0.5) is 5.82 Å². The average molecular weight is 451 g/mol. The van der Waals surface area contributed by atoms with E-state index in [4.69, 9.17) is 16.0 Å². The summed E-state index contributed by atoms with van der Waals surface area (Å²) in [5.41, 5.74) is 0.735. The third kappa shape index (κ3) is 3.85. The molecular formula is C19H19ClN4O5S. The van der Waals surface area contributed by atoms with Crippen LogP contribution in [0.15, 0.2) is 50.6 Å². The lowest BCUT2D eigenvalue weighted by atomic mass is 9.97. The summed E-state index contributed by atoms with van der Waals surface area (Å²) in [6.45, 7) is 0.427. The first-order valence-corrected chi connectivity index (χ1v) is 11.1. The lowest BCUT2D eigenvalue weighted by molar-refractivity contribution is -0.120. The minimum atomic E-state index is -3.77. The zero-order chi connectivity index (χ0) is 21.5. The molecule has 11 heteroatoms. The van der Waals surface area contributed by atoms with E-state index in [1.54, 1.807) is 25.2 Å². The van der Waals surface area contributed by atoms with Crippen LogP contribution in [0.5, 0.6) is 0 Å². The first kappa shape index (κ1) is 20.6. The molecule has 3 heterocycles. The number of pyridine rings is 1. The monoisotopic (exact) mass is 450 g/mol. The summed E-state index contributed by atoms with van der Waals surface area (Å²) in [5, 5.41) is 3.20. The Bertz CT molecular complexity index is 1260. The minimum Gasteiger partial charge on any atom is -0.408 e. The lowest BCUT2D eigenvalue weighted by Gasteiger charge is -2.30. The highest BCUT2D eigenvalue weighted by Gasteiger charge is 2.32. The molecule has 4 rings (SSSR count). The SMILES string of the molecule is Cn1c(=O)oc2cc(S(=O)(=O)N3CCC(C(=O)Nc4ccc(Cl)cn4)CC3)ccc21.